The van der Waals surface area contributed by atoms with E-state index >= 15 is 0 Å². The van der Waals surface area contributed by atoms with E-state index in [9.17, 15) is 4.79 Å². The number of hydrazone groups is 1. The van der Waals surface area contributed by atoms with Crippen LogP contribution in [-0.4, -0.2) is 28.2 Å². The van der Waals surface area contributed by atoms with Gasteiger partial charge in [-0.25, -0.2) is 10.4 Å². The number of hydrogen-bond acceptors (Lipinski definition) is 4. The van der Waals surface area contributed by atoms with Crippen LogP contribution in [0.4, 0.5) is 0 Å². The Morgan fingerprint density at radius 3 is 2.79 bits per heavy atom. The number of hydrogen-bond donors (Lipinski definition) is 2. The van der Waals surface area contributed by atoms with Gasteiger partial charge in [-0.1, -0.05) is 35.9 Å². The van der Waals surface area contributed by atoms with Crippen molar-refractivity contribution in [2.45, 2.75) is 6.92 Å². The maximum atomic E-state index is 11.8. The quantitative estimate of drug-likeness (QED) is 0.552. The number of amides is 1. The van der Waals surface area contributed by atoms with Crippen molar-refractivity contribution in [3.63, 3.8) is 0 Å². The predicted octanol–water partition coefficient (Wildman–Crippen LogP) is 3.14. The van der Waals surface area contributed by atoms with Crippen LogP contribution in [0.2, 0.25) is 5.02 Å². The van der Waals surface area contributed by atoms with Crippen LogP contribution in [0.15, 0.2) is 53.6 Å². The van der Waals surface area contributed by atoms with Gasteiger partial charge in [-0.3, -0.25) is 4.79 Å². The number of ether oxygens (including phenoxy) is 1. The third kappa shape index (κ3) is 3.72. The molecule has 1 aromatic heterocycles. The van der Waals surface area contributed by atoms with Crippen LogP contribution < -0.4 is 10.2 Å². The number of aromatic amines is 1. The summed E-state index contributed by atoms with van der Waals surface area (Å²) in [6.07, 6.45) is 0. The molecule has 0 aliphatic rings. The second-order valence-electron chi connectivity index (χ2n) is 5.05. The second-order valence-corrected chi connectivity index (χ2v) is 5.46. The molecule has 0 bridgehead atoms. The third-order valence-corrected chi connectivity index (χ3v) is 3.59. The molecule has 3 aromatic rings. The molecule has 1 heterocycles. The summed E-state index contributed by atoms with van der Waals surface area (Å²) in [4.78, 5) is 19.4. The molecule has 0 saturated carbocycles. The number of rotatable bonds is 5. The van der Waals surface area contributed by atoms with Gasteiger partial charge in [0.2, 0.25) is 0 Å². The minimum Gasteiger partial charge on any atom is -0.482 e. The lowest BCUT2D eigenvalue weighted by Crippen LogP contribution is -2.25. The van der Waals surface area contributed by atoms with Crippen LogP contribution in [-0.2, 0) is 4.79 Å². The zero-order valence-electron chi connectivity index (χ0n) is 12.9. The summed E-state index contributed by atoms with van der Waals surface area (Å²) in [6, 6.07) is 14.6. The molecule has 122 valence electrons. The Morgan fingerprint density at radius 1 is 1.25 bits per heavy atom. The SMILES string of the molecule is C/C(=N\NC(=O)COc1ccccc1Cl)c1nc2ccccc2[nH]1. The molecule has 1 amide bonds. The number of nitrogens with zero attached hydrogens (tertiary/aromatic N) is 2. The first-order valence-electron chi connectivity index (χ1n) is 7.29. The van der Waals surface area contributed by atoms with Gasteiger partial charge < -0.3 is 9.72 Å². The Balaban J connectivity index is 1.60. The Morgan fingerprint density at radius 2 is 2.00 bits per heavy atom. The lowest BCUT2D eigenvalue weighted by Gasteiger charge is -2.06. The van der Waals surface area contributed by atoms with Crippen molar-refractivity contribution in [2.75, 3.05) is 6.61 Å². The van der Waals surface area contributed by atoms with Crippen molar-refractivity contribution in [3.05, 3.63) is 59.4 Å². The first kappa shape index (κ1) is 16.0. The van der Waals surface area contributed by atoms with E-state index in [4.69, 9.17) is 16.3 Å². The fraction of sp³-hybridized carbons (Fsp3) is 0.118. The van der Waals surface area contributed by atoms with Gasteiger partial charge >= 0.3 is 0 Å². The van der Waals surface area contributed by atoms with Crippen molar-refractivity contribution >= 4 is 34.3 Å². The number of H-pyrrole nitrogens is 1. The molecule has 7 heteroatoms. The predicted molar refractivity (Wildman–Crippen MR) is 93.4 cm³/mol. The maximum absolute atomic E-state index is 11.8. The van der Waals surface area contributed by atoms with Crippen molar-refractivity contribution in [1.29, 1.82) is 0 Å². The van der Waals surface area contributed by atoms with Gasteiger partial charge in [0.1, 0.15) is 11.5 Å². The molecule has 0 atom stereocenters. The smallest absolute Gasteiger partial charge is 0.277 e. The summed E-state index contributed by atoms with van der Waals surface area (Å²) in [5.74, 6) is 0.668. The summed E-state index contributed by atoms with van der Waals surface area (Å²) < 4.78 is 5.35. The fourth-order valence-corrected chi connectivity index (χ4v) is 2.25. The highest BCUT2D eigenvalue weighted by atomic mass is 35.5. The number of carbonyl (C=O) groups excluding carboxylic acids is 1. The third-order valence-electron chi connectivity index (χ3n) is 3.28. The van der Waals surface area contributed by atoms with E-state index < -0.39 is 0 Å². The van der Waals surface area contributed by atoms with Gasteiger partial charge in [-0.15, -0.1) is 0 Å². The Labute approximate surface area is 143 Å². The van der Waals surface area contributed by atoms with Crippen molar-refractivity contribution in [2.24, 2.45) is 5.10 Å². The number of halogens is 1. The van der Waals surface area contributed by atoms with Gasteiger partial charge in [-0.05, 0) is 31.2 Å². The Kier molecular flexibility index (Phi) is 4.77. The van der Waals surface area contributed by atoms with Crippen molar-refractivity contribution < 1.29 is 9.53 Å². The molecule has 2 N–H and O–H groups in total. The Bertz CT molecular complexity index is 871. The lowest BCUT2D eigenvalue weighted by atomic mass is 10.3. The van der Waals surface area contributed by atoms with E-state index in [1.165, 1.54) is 0 Å². The van der Waals surface area contributed by atoms with E-state index in [-0.39, 0.29) is 12.5 Å². The molecule has 0 radical (unpaired) electrons. The molecular formula is C17H15ClN4O2. The van der Waals surface area contributed by atoms with Crippen LogP contribution in [0, 0.1) is 0 Å². The zero-order chi connectivity index (χ0) is 16.9. The lowest BCUT2D eigenvalue weighted by molar-refractivity contribution is -0.123. The summed E-state index contributed by atoms with van der Waals surface area (Å²) in [6.45, 7) is 1.58. The summed E-state index contributed by atoms with van der Waals surface area (Å²) >= 11 is 5.96. The zero-order valence-corrected chi connectivity index (χ0v) is 13.7. The minimum absolute atomic E-state index is 0.180. The average Bonchev–Trinajstić information content (AvgIpc) is 3.03. The van der Waals surface area contributed by atoms with E-state index in [0.717, 1.165) is 11.0 Å². The molecule has 0 fully saturated rings. The van der Waals surface area contributed by atoms with Gasteiger partial charge in [0.15, 0.2) is 12.4 Å². The normalized spacial score (nSPS) is 11.5. The van der Waals surface area contributed by atoms with Gasteiger partial charge in [0.05, 0.1) is 16.1 Å². The summed E-state index contributed by atoms with van der Waals surface area (Å²) in [7, 11) is 0. The van der Waals surface area contributed by atoms with E-state index in [0.29, 0.717) is 22.3 Å². The second kappa shape index (κ2) is 7.14. The van der Waals surface area contributed by atoms with Crippen LogP contribution in [0.5, 0.6) is 5.75 Å². The number of carbonyl (C=O) groups is 1. The molecule has 0 aliphatic heterocycles. The minimum atomic E-state index is -0.384. The highest BCUT2D eigenvalue weighted by Gasteiger charge is 2.07. The largest absolute Gasteiger partial charge is 0.482 e. The standard InChI is InChI=1S/C17H15ClN4O2/c1-11(17-19-13-7-3-4-8-14(13)20-17)21-22-16(23)10-24-15-9-5-2-6-12(15)18/h2-9H,10H2,1H3,(H,19,20)(H,22,23)/b21-11+. The molecule has 2 aromatic carbocycles. The summed E-state index contributed by atoms with van der Waals surface area (Å²) in [5, 5.41) is 4.49. The van der Waals surface area contributed by atoms with Crippen LogP contribution in [0.3, 0.4) is 0 Å². The van der Waals surface area contributed by atoms with Gasteiger partial charge in [0.25, 0.3) is 5.91 Å². The molecule has 0 unspecified atom stereocenters. The molecule has 0 aliphatic carbocycles. The summed E-state index contributed by atoms with van der Waals surface area (Å²) in [5.41, 5.74) is 4.76. The van der Waals surface area contributed by atoms with Crippen molar-refractivity contribution in [3.8, 4) is 5.75 Å². The number of aromatic nitrogens is 2. The number of benzene rings is 2. The number of fused-ring (bicyclic) bond motifs is 1. The van der Waals surface area contributed by atoms with Crippen LogP contribution in [0.1, 0.15) is 12.7 Å². The number of para-hydroxylation sites is 3. The molecule has 24 heavy (non-hydrogen) atoms. The van der Waals surface area contributed by atoms with E-state index in [1.807, 2.05) is 24.3 Å². The highest BCUT2D eigenvalue weighted by Crippen LogP contribution is 2.22. The maximum Gasteiger partial charge on any atom is 0.277 e. The van der Waals surface area contributed by atoms with Crippen molar-refractivity contribution in [1.82, 2.24) is 15.4 Å². The highest BCUT2D eigenvalue weighted by molar-refractivity contribution is 6.32. The van der Waals surface area contributed by atoms with Gasteiger partial charge in [0, 0.05) is 0 Å². The number of nitrogens with one attached hydrogen (secondary N) is 2. The molecule has 6 nitrogen and oxygen atoms in total. The first-order chi connectivity index (χ1) is 11.6. The van der Waals surface area contributed by atoms with Crippen LogP contribution >= 0.6 is 11.6 Å². The first-order valence-corrected chi connectivity index (χ1v) is 7.67. The Hall–Kier alpha value is -2.86. The average molecular weight is 343 g/mol. The topological polar surface area (TPSA) is 79.4 Å². The fourth-order valence-electron chi connectivity index (χ4n) is 2.06. The molecule has 3 rings (SSSR count). The van der Waals surface area contributed by atoms with E-state index in [1.54, 1.807) is 31.2 Å². The molecule has 0 saturated heterocycles. The molecule has 0 spiro atoms. The number of imidazole rings is 1. The van der Waals surface area contributed by atoms with E-state index in [2.05, 4.69) is 20.5 Å². The van der Waals surface area contributed by atoms with Gasteiger partial charge in [-0.2, -0.15) is 5.10 Å². The monoisotopic (exact) mass is 342 g/mol. The molecular weight excluding hydrogens is 328 g/mol. The van der Waals surface area contributed by atoms with Crippen LogP contribution in [0.25, 0.3) is 11.0 Å².